The van der Waals surface area contributed by atoms with Crippen LogP contribution in [0, 0.1) is 0 Å². The van der Waals surface area contributed by atoms with Gasteiger partial charge in [-0.2, -0.15) is 5.10 Å². The molecule has 0 aliphatic carbocycles. The lowest BCUT2D eigenvalue weighted by Crippen LogP contribution is -2.29. The van der Waals surface area contributed by atoms with E-state index in [9.17, 15) is 13.2 Å². The van der Waals surface area contributed by atoms with Gasteiger partial charge >= 0.3 is 0 Å². The maximum absolute atomic E-state index is 12.4. The van der Waals surface area contributed by atoms with Gasteiger partial charge in [-0.1, -0.05) is 41.4 Å². The fourth-order valence-electron chi connectivity index (χ4n) is 3.22. The summed E-state index contributed by atoms with van der Waals surface area (Å²) >= 11 is 12.3. The molecular weight excluding hydrogens is 501 g/mol. The van der Waals surface area contributed by atoms with Gasteiger partial charge in [0.25, 0.3) is 5.91 Å². The third kappa shape index (κ3) is 5.44. The monoisotopic (exact) mass is 519 g/mol. The zero-order chi connectivity index (χ0) is 24.3. The lowest BCUT2D eigenvalue weighted by Gasteiger charge is -2.24. The first-order valence-corrected chi connectivity index (χ1v) is 12.6. The van der Waals surface area contributed by atoms with Gasteiger partial charge in [0, 0.05) is 5.56 Å². The second-order valence-electron chi connectivity index (χ2n) is 7.35. The number of carbonyl (C=O) groups is 1. The van der Waals surface area contributed by atoms with E-state index < -0.39 is 15.9 Å². The maximum atomic E-state index is 12.4. The Balaban J connectivity index is 1.43. The third-order valence-electron chi connectivity index (χ3n) is 4.92. The lowest BCUT2D eigenvalue weighted by molar-refractivity contribution is 0.0955. The van der Waals surface area contributed by atoms with Gasteiger partial charge in [0.05, 0.1) is 34.7 Å². The predicted molar refractivity (Wildman–Crippen MR) is 132 cm³/mol. The number of hydrogen-bond acceptors (Lipinski definition) is 6. The van der Waals surface area contributed by atoms with E-state index >= 15 is 0 Å². The zero-order valence-electron chi connectivity index (χ0n) is 17.9. The normalized spacial score (nSPS) is 12.7. The minimum atomic E-state index is -3.65. The number of benzene rings is 3. The molecule has 0 radical (unpaired) electrons. The number of carbonyl (C=O) groups excluding carboxylic acids is 1. The zero-order valence-corrected chi connectivity index (χ0v) is 20.2. The van der Waals surface area contributed by atoms with Crippen molar-refractivity contribution in [2.45, 2.75) is 6.54 Å². The van der Waals surface area contributed by atoms with Gasteiger partial charge in [-0.3, -0.25) is 9.10 Å². The van der Waals surface area contributed by atoms with Gasteiger partial charge in [0.2, 0.25) is 16.8 Å². The van der Waals surface area contributed by atoms with E-state index in [4.69, 9.17) is 32.7 Å². The smallest absolute Gasteiger partial charge is 0.271 e. The molecule has 11 heteroatoms. The van der Waals surface area contributed by atoms with Crippen molar-refractivity contribution in [1.82, 2.24) is 5.43 Å². The van der Waals surface area contributed by atoms with Gasteiger partial charge in [0.1, 0.15) is 0 Å². The summed E-state index contributed by atoms with van der Waals surface area (Å²) in [6, 6.07) is 16.6. The van der Waals surface area contributed by atoms with Gasteiger partial charge in [0.15, 0.2) is 11.5 Å². The molecule has 0 unspecified atom stereocenters. The standard InChI is InChI=1S/C23H19Cl2N3O5S/c1-34(30,31)28(19-4-2-3-18(24)22(19)25)13-15-5-8-17(9-6-15)23(29)27-26-12-16-7-10-20-21(11-16)33-14-32-20/h2-12H,13-14H2,1H3,(H,27,29)/b26-12+. The Bertz CT molecular complexity index is 1360. The molecule has 0 saturated heterocycles. The molecule has 1 amide bonds. The largest absolute Gasteiger partial charge is 0.454 e. The van der Waals surface area contributed by atoms with E-state index in [-0.39, 0.29) is 29.1 Å². The average Bonchev–Trinajstić information content (AvgIpc) is 3.27. The molecule has 1 aliphatic rings. The Labute approximate surface area is 206 Å². The number of fused-ring (bicyclic) bond motifs is 1. The molecule has 0 aromatic heterocycles. The molecule has 1 N–H and O–H groups in total. The molecule has 0 atom stereocenters. The first-order chi connectivity index (χ1) is 16.2. The summed E-state index contributed by atoms with van der Waals surface area (Å²) in [5.41, 5.74) is 4.48. The molecule has 0 saturated carbocycles. The number of hydrazone groups is 1. The number of rotatable bonds is 7. The van der Waals surface area contributed by atoms with Crippen molar-refractivity contribution in [3.63, 3.8) is 0 Å². The van der Waals surface area contributed by atoms with Gasteiger partial charge in [-0.25, -0.2) is 13.8 Å². The number of ether oxygens (including phenoxy) is 2. The van der Waals surface area contributed by atoms with Crippen molar-refractivity contribution < 1.29 is 22.7 Å². The van der Waals surface area contributed by atoms with E-state index in [1.165, 1.54) is 6.21 Å². The number of amides is 1. The second kappa shape index (κ2) is 9.92. The topological polar surface area (TPSA) is 97.3 Å². The summed E-state index contributed by atoms with van der Waals surface area (Å²) in [4.78, 5) is 12.4. The molecular formula is C23H19Cl2N3O5S. The van der Waals surface area contributed by atoms with Crippen LogP contribution < -0.4 is 19.2 Å². The van der Waals surface area contributed by atoms with Crippen molar-refractivity contribution in [3.8, 4) is 11.5 Å². The van der Waals surface area contributed by atoms with Gasteiger partial charge in [-0.05, 0) is 53.6 Å². The minimum Gasteiger partial charge on any atom is -0.454 e. The SMILES string of the molecule is CS(=O)(=O)N(Cc1ccc(C(=O)N/N=C/c2ccc3c(c2)OCO3)cc1)c1cccc(Cl)c1Cl. The Morgan fingerprint density at radius 3 is 2.56 bits per heavy atom. The second-order valence-corrected chi connectivity index (χ2v) is 10.0. The summed E-state index contributed by atoms with van der Waals surface area (Å²) in [5, 5.41) is 4.36. The molecule has 0 spiro atoms. The first kappa shape index (κ1) is 23.9. The van der Waals surface area contributed by atoms with Crippen LogP contribution in [0.2, 0.25) is 10.0 Å². The van der Waals surface area contributed by atoms with Gasteiger partial charge in [-0.15, -0.1) is 0 Å². The molecule has 34 heavy (non-hydrogen) atoms. The van der Waals surface area contributed by atoms with Crippen molar-refractivity contribution in [2.24, 2.45) is 5.10 Å². The molecule has 0 fully saturated rings. The molecule has 3 aromatic carbocycles. The molecule has 1 heterocycles. The van der Waals surface area contributed by atoms with Crippen molar-refractivity contribution >= 4 is 51.0 Å². The number of anilines is 1. The van der Waals surface area contributed by atoms with Crippen LogP contribution in [0.4, 0.5) is 5.69 Å². The van der Waals surface area contributed by atoms with Crippen molar-refractivity contribution in [2.75, 3.05) is 17.4 Å². The van der Waals surface area contributed by atoms with Crippen LogP contribution in [0.15, 0.2) is 65.8 Å². The predicted octanol–water partition coefficient (Wildman–Crippen LogP) is 4.45. The van der Waals surface area contributed by atoms with Crippen LogP contribution in [0.3, 0.4) is 0 Å². The number of hydrogen-bond donors (Lipinski definition) is 1. The highest BCUT2D eigenvalue weighted by molar-refractivity contribution is 7.92. The fourth-order valence-corrected chi connectivity index (χ4v) is 4.56. The summed E-state index contributed by atoms with van der Waals surface area (Å²) in [5.74, 6) is 0.864. The van der Waals surface area contributed by atoms with Gasteiger partial charge < -0.3 is 9.47 Å². The Kier molecular flexibility index (Phi) is 6.97. The first-order valence-electron chi connectivity index (χ1n) is 9.96. The van der Waals surface area contributed by atoms with E-state index in [2.05, 4.69) is 10.5 Å². The molecule has 8 nitrogen and oxygen atoms in total. The van der Waals surface area contributed by atoms with Crippen LogP contribution in [-0.2, 0) is 16.6 Å². The number of halogens is 2. The Morgan fingerprint density at radius 2 is 1.82 bits per heavy atom. The van der Waals surface area contributed by atoms with E-state index in [1.54, 1.807) is 60.7 Å². The Morgan fingerprint density at radius 1 is 1.09 bits per heavy atom. The van der Waals surface area contributed by atoms with Crippen LogP contribution in [0.1, 0.15) is 21.5 Å². The van der Waals surface area contributed by atoms with Crippen molar-refractivity contribution in [1.29, 1.82) is 0 Å². The number of sulfonamides is 1. The Hall–Kier alpha value is -3.27. The number of nitrogens with zero attached hydrogens (tertiary/aromatic N) is 2. The molecule has 4 rings (SSSR count). The van der Waals surface area contributed by atoms with Crippen LogP contribution in [0.5, 0.6) is 11.5 Å². The summed E-state index contributed by atoms with van der Waals surface area (Å²) < 4.78 is 36.5. The van der Waals surface area contributed by atoms with E-state index in [0.29, 0.717) is 22.6 Å². The molecule has 1 aliphatic heterocycles. The number of nitrogens with one attached hydrogen (secondary N) is 1. The molecule has 176 valence electrons. The van der Waals surface area contributed by atoms with Crippen molar-refractivity contribution in [3.05, 3.63) is 87.4 Å². The minimum absolute atomic E-state index is 0.0169. The molecule has 3 aromatic rings. The summed E-state index contributed by atoms with van der Waals surface area (Å²) in [6.45, 7) is 0.194. The van der Waals surface area contributed by atoms with Crippen LogP contribution in [-0.4, -0.2) is 33.6 Å². The third-order valence-corrected chi connectivity index (χ3v) is 6.85. The highest BCUT2D eigenvalue weighted by Crippen LogP contribution is 2.34. The molecule has 0 bridgehead atoms. The fraction of sp³-hybridized carbons (Fsp3) is 0.130. The van der Waals surface area contributed by atoms with Crippen LogP contribution >= 0.6 is 23.2 Å². The highest BCUT2D eigenvalue weighted by Gasteiger charge is 2.21. The van der Waals surface area contributed by atoms with E-state index in [0.717, 1.165) is 16.1 Å². The lowest BCUT2D eigenvalue weighted by atomic mass is 10.1. The van der Waals surface area contributed by atoms with Crippen LogP contribution in [0.25, 0.3) is 0 Å². The van der Waals surface area contributed by atoms with E-state index in [1.807, 2.05) is 0 Å². The maximum Gasteiger partial charge on any atom is 0.271 e. The quantitative estimate of drug-likeness (QED) is 0.367. The summed E-state index contributed by atoms with van der Waals surface area (Å²) in [7, 11) is -3.65. The summed E-state index contributed by atoms with van der Waals surface area (Å²) in [6.07, 6.45) is 2.58. The average molecular weight is 520 g/mol. The highest BCUT2D eigenvalue weighted by atomic mass is 35.5.